The van der Waals surface area contributed by atoms with Crippen LogP contribution >= 0.6 is 27.5 Å². The molecule has 0 fully saturated rings. The first-order valence-electron chi connectivity index (χ1n) is 6.23. The lowest BCUT2D eigenvalue weighted by atomic mass is 9.89. The lowest BCUT2D eigenvalue weighted by molar-refractivity contribution is 0.178. The third-order valence-corrected chi connectivity index (χ3v) is 4.27. The van der Waals surface area contributed by atoms with Crippen LogP contribution in [0.15, 0.2) is 22.7 Å². The van der Waals surface area contributed by atoms with E-state index in [1.807, 2.05) is 20.8 Å². The maximum Gasteiger partial charge on any atom is 0.126 e. The van der Waals surface area contributed by atoms with E-state index in [0.29, 0.717) is 10.4 Å². The minimum atomic E-state index is -0.798. The molecule has 0 saturated carbocycles. The van der Waals surface area contributed by atoms with Crippen molar-refractivity contribution < 1.29 is 9.50 Å². The van der Waals surface area contributed by atoms with Gasteiger partial charge in [-0.15, -0.1) is 5.10 Å². The van der Waals surface area contributed by atoms with Crippen molar-refractivity contribution in [2.75, 3.05) is 0 Å². The second-order valence-electron chi connectivity index (χ2n) is 5.69. The third-order valence-electron chi connectivity index (χ3n) is 2.95. The van der Waals surface area contributed by atoms with Crippen LogP contribution in [0.4, 0.5) is 4.39 Å². The molecule has 0 radical (unpaired) electrons. The molecule has 0 bridgehead atoms. The summed E-state index contributed by atoms with van der Waals surface area (Å²) < 4.78 is 18.5. The summed E-state index contributed by atoms with van der Waals surface area (Å²) in [5, 5.41) is 14.5. The first-order valence-corrected chi connectivity index (χ1v) is 7.80. The predicted octanol–water partition coefficient (Wildman–Crippen LogP) is 4.01. The Morgan fingerprint density at radius 1 is 1.40 bits per heavy atom. The quantitative estimate of drug-likeness (QED) is 0.901. The molecule has 0 aliphatic rings. The standard InChI is InChI=1S/C14H16BrFN2OS/c1-14(2,3)13-12(20-18-17-13)11(19)7-8-6-9(15)4-5-10(8)16/h4-6,11,19H,7H2,1-3H3. The molecule has 1 aromatic heterocycles. The summed E-state index contributed by atoms with van der Waals surface area (Å²) in [4.78, 5) is 0.705. The molecule has 108 valence electrons. The van der Waals surface area contributed by atoms with Crippen LogP contribution in [0.3, 0.4) is 0 Å². The van der Waals surface area contributed by atoms with E-state index in [1.54, 1.807) is 12.1 Å². The Balaban J connectivity index is 2.27. The van der Waals surface area contributed by atoms with Crippen molar-refractivity contribution in [3.8, 4) is 0 Å². The number of rotatable bonds is 3. The van der Waals surface area contributed by atoms with Crippen molar-refractivity contribution in [2.45, 2.75) is 38.7 Å². The van der Waals surface area contributed by atoms with Gasteiger partial charge in [0.15, 0.2) is 0 Å². The van der Waals surface area contributed by atoms with E-state index in [9.17, 15) is 9.50 Å². The summed E-state index contributed by atoms with van der Waals surface area (Å²) in [5.74, 6) is -0.318. The third kappa shape index (κ3) is 3.42. The van der Waals surface area contributed by atoms with Crippen LogP contribution in [0.5, 0.6) is 0 Å². The summed E-state index contributed by atoms with van der Waals surface area (Å²) in [6.45, 7) is 6.04. The van der Waals surface area contributed by atoms with Crippen molar-refractivity contribution in [3.63, 3.8) is 0 Å². The fourth-order valence-corrected chi connectivity index (χ4v) is 3.19. The smallest absolute Gasteiger partial charge is 0.126 e. The van der Waals surface area contributed by atoms with Crippen molar-refractivity contribution in [2.24, 2.45) is 0 Å². The number of aliphatic hydroxyl groups is 1. The second kappa shape index (κ2) is 5.87. The van der Waals surface area contributed by atoms with Gasteiger partial charge < -0.3 is 5.11 Å². The van der Waals surface area contributed by atoms with Crippen LogP contribution in [0.1, 0.15) is 43.0 Å². The first-order chi connectivity index (χ1) is 9.29. The van der Waals surface area contributed by atoms with Crippen LogP contribution in [0.2, 0.25) is 0 Å². The summed E-state index contributed by atoms with van der Waals surface area (Å²) >= 11 is 4.48. The van der Waals surface area contributed by atoms with Gasteiger partial charge in [-0.1, -0.05) is 41.2 Å². The number of halogens is 2. The largest absolute Gasteiger partial charge is 0.387 e. The zero-order valence-electron chi connectivity index (χ0n) is 11.5. The van der Waals surface area contributed by atoms with Gasteiger partial charge in [0.1, 0.15) is 5.82 Å². The zero-order chi connectivity index (χ0) is 14.9. The van der Waals surface area contributed by atoms with Gasteiger partial charge in [-0.3, -0.25) is 0 Å². The van der Waals surface area contributed by atoms with E-state index >= 15 is 0 Å². The van der Waals surface area contributed by atoms with Gasteiger partial charge >= 0.3 is 0 Å². The van der Waals surface area contributed by atoms with Gasteiger partial charge in [-0.25, -0.2) is 4.39 Å². The van der Waals surface area contributed by atoms with Crippen LogP contribution in [0.25, 0.3) is 0 Å². The number of nitrogens with zero attached hydrogens (tertiary/aromatic N) is 2. The summed E-state index contributed by atoms with van der Waals surface area (Å²) in [6, 6.07) is 4.71. The maximum atomic E-state index is 13.7. The average Bonchev–Trinajstić information content (AvgIpc) is 2.82. The SMILES string of the molecule is CC(C)(C)c1nnsc1C(O)Cc1cc(Br)ccc1F. The Labute approximate surface area is 130 Å². The van der Waals surface area contributed by atoms with E-state index in [1.165, 1.54) is 17.6 Å². The van der Waals surface area contributed by atoms with Crippen molar-refractivity contribution in [1.29, 1.82) is 0 Å². The highest BCUT2D eigenvalue weighted by Crippen LogP contribution is 2.32. The molecule has 0 amide bonds. The molecule has 1 unspecified atom stereocenters. The maximum absolute atomic E-state index is 13.7. The van der Waals surface area contributed by atoms with Crippen LogP contribution in [-0.2, 0) is 11.8 Å². The van der Waals surface area contributed by atoms with E-state index in [0.717, 1.165) is 10.2 Å². The molecule has 20 heavy (non-hydrogen) atoms. The van der Waals surface area contributed by atoms with Gasteiger partial charge in [0.2, 0.25) is 0 Å². The Hall–Kier alpha value is -0.850. The van der Waals surface area contributed by atoms with Gasteiger partial charge in [-0.05, 0) is 35.3 Å². The highest BCUT2D eigenvalue weighted by Gasteiger charge is 2.26. The van der Waals surface area contributed by atoms with Crippen molar-refractivity contribution in [3.05, 3.63) is 44.6 Å². The van der Waals surface area contributed by atoms with Gasteiger partial charge in [0.05, 0.1) is 16.7 Å². The van der Waals surface area contributed by atoms with Gasteiger partial charge in [0, 0.05) is 16.3 Å². The second-order valence-corrected chi connectivity index (χ2v) is 7.39. The normalized spacial score (nSPS) is 13.5. The molecular formula is C14H16BrFN2OS. The van der Waals surface area contributed by atoms with Crippen LogP contribution in [0, 0.1) is 5.82 Å². The lowest BCUT2D eigenvalue weighted by Gasteiger charge is -2.19. The molecule has 1 atom stereocenters. The average molecular weight is 359 g/mol. The molecule has 6 heteroatoms. The Morgan fingerprint density at radius 2 is 2.10 bits per heavy atom. The Kier molecular flexibility index (Phi) is 4.56. The van der Waals surface area contributed by atoms with Gasteiger partial charge in [-0.2, -0.15) is 0 Å². The fraction of sp³-hybridized carbons (Fsp3) is 0.429. The molecule has 0 aliphatic heterocycles. The molecule has 2 aromatic rings. The Morgan fingerprint density at radius 3 is 2.75 bits per heavy atom. The zero-order valence-corrected chi connectivity index (χ0v) is 13.9. The molecule has 0 saturated heterocycles. The Bertz CT molecular complexity index is 609. The van der Waals surface area contributed by atoms with Crippen LogP contribution < -0.4 is 0 Å². The molecule has 1 aromatic carbocycles. The lowest BCUT2D eigenvalue weighted by Crippen LogP contribution is -2.16. The number of aromatic nitrogens is 2. The van der Waals surface area contributed by atoms with E-state index in [4.69, 9.17) is 0 Å². The van der Waals surface area contributed by atoms with Gasteiger partial charge in [0.25, 0.3) is 0 Å². The molecule has 1 heterocycles. The minimum absolute atomic E-state index is 0.195. The molecular weight excluding hydrogens is 343 g/mol. The molecule has 0 aliphatic carbocycles. The predicted molar refractivity (Wildman–Crippen MR) is 81.4 cm³/mol. The summed E-state index contributed by atoms with van der Waals surface area (Å²) in [7, 11) is 0. The van der Waals surface area contributed by atoms with E-state index in [-0.39, 0.29) is 17.7 Å². The summed E-state index contributed by atoms with van der Waals surface area (Å²) in [5.41, 5.74) is 1.05. The summed E-state index contributed by atoms with van der Waals surface area (Å²) in [6.07, 6.45) is -0.592. The molecule has 0 spiro atoms. The fourth-order valence-electron chi connectivity index (χ4n) is 1.94. The molecule has 2 rings (SSSR count). The van der Waals surface area contributed by atoms with E-state index < -0.39 is 6.10 Å². The minimum Gasteiger partial charge on any atom is -0.387 e. The highest BCUT2D eigenvalue weighted by molar-refractivity contribution is 9.10. The van der Waals surface area contributed by atoms with Crippen molar-refractivity contribution in [1.82, 2.24) is 9.59 Å². The molecule has 1 N–H and O–H groups in total. The monoisotopic (exact) mass is 358 g/mol. The number of benzene rings is 1. The first kappa shape index (κ1) is 15.5. The molecule has 3 nitrogen and oxygen atoms in total. The van der Waals surface area contributed by atoms with Crippen molar-refractivity contribution >= 4 is 27.5 Å². The highest BCUT2D eigenvalue weighted by atomic mass is 79.9. The topological polar surface area (TPSA) is 46.0 Å². The van der Waals surface area contributed by atoms with E-state index in [2.05, 4.69) is 25.5 Å². The van der Waals surface area contributed by atoms with Crippen LogP contribution in [-0.4, -0.2) is 14.7 Å². The number of hydrogen-bond acceptors (Lipinski definition) is 4. The number of aliphatic hydroxyl groups excluding tert-OH is 1. The number of hydrogen-bond donors (Lipinski definition) is 1.